The zero-order valence-corrected chi connectivity index (χ0v) is 19.2. The second-order valence-corrected chi connectivity index (χ2v) is 9.86. The molecule has 0 atom stereocenters. The van der Waals surface area contributed by atoms with E-state index >= 15 is 0 Å². The van der Waals surface area contributed by atoms with Gasteiger partial charge in [0.1, 0.15) is 0 Å². The number of rotatable bonds is 5. The molecule has 5 rings (SSSR count). The molecule has 1 N–H and O–H groups in total. The van der Waals surface area contributed by atoms with Crippen molar-refractivity contribution in [2.45, 2.75) is 64.5 Å². The first-order valence-corrected chi connectivity index (χ1v) is 12.4. The minimum atomic E-state index is -0.0709. The van der Waals surface area contributed by atoms with Gasteiger partial charge in [0.05, 0.1) is 11.0 Å². The molecule has 0 radical (unpaired) electrons. The summed E-state index contributed by atoms with van der Waals surface area (Å²) in [5, 5.41) is 3.05. The van der Waals surface area contributed by atoms with Crippen LogP contribution in [0.1, 0.15) is 72.8 Å². The number of piperidine rings is 1. The van der Waals surface area contributed by atoms with Crippen molar-refractivity contribution in [1.82, 2.24) is 24.7 Å². The number of aromatic nitrogens is 2. The average Bonchev–Trinajstić information content (AvgIpc) is 3.20. The quantitative estimate of drug-likeness (QED) is 0.779. The number of imidazole rings is 1. The van der Waals surface area contributed by atoms with Gasteiger partial charge in [-0.15, -0.1) is 0 Å². The van der Waals surface area contributed by atoms with Gasteiger partial charge in [0.15, 0.2) is 5.82 Å². The maximum Gasteiger partial charge on any atom is 0.290 e. The van der Waals surface area contributed by atoms with E-state index in [1.165, 1.54) is 32.1 Å². The average molecular weight is 438 g/mol. The summed E-state index contributed by atoms with van der Waals surface area (Å²) in [6.07, 6.45) is 8.39. The third-order valence-corrected chi connectivity index (χ3v) is 7.63. The molecule has 1 aromatic carbocycles. The molecule has 32 heavy (non-hydrogen) atoms. The van der Waals surface area contributed by atoms with Crippen LogP contribution in [-0.4, -0.2) is 69.9 Å². The lowest BCUT2D eigenvalue weighted by atomic mass is 9.94. The molecule has 0 unspecified atom stereocenters. The van der Waals surface area contributed by atoms with E-state index in [4.69, 9.17) is 0 Å². The fourth-order valence-electron chi connectivity index (χ4n) is 5.55. The van der Waals surface area contributed by atoms with E-state index in [-0.39, 0.29) is 11.8 Å². The Kier molecular flexibility index (Phi) is 6.17. The Morgan fingerprint density at radius 2 is 1.84 bits per heavy atom. The Labute approximate surface area is 190 Å². The molecule has 2 amide bonds. The van der Waals surface area contributed by atoms with E-state index in [0.717, 1.165) is 62.5 Å². The van der Waals surface area contributed by atoms with Crippen LogP contribution in [0.5, 0.6) is 0 Å². The number of carbonyl (C=O) groups excluding carboxylic acids is 2. The van der Waals surface area contributed by atoms with Crippen molar-refractivity contribution >= 4 is 22.8 Å². The van der Waals surface area contributed by atoms with Gasteiger partial charge in [0.25, 0.3) is 11.8 Å². The predicted molar refractivity (Wildman–Crippen MR) is 125 cm³/mol. The summed E-state index contributed by atoms with van der Waals surface area (Å²) in [5.74, 6) is 1.31. The van der Waals surface area contributed by atoms with Crippen LogP contribution in [0.25, 0.3) is 11.0 Å². The number of nitrogens with zero attached hydrogens (tertiary/aromatic N) is 4. The van der Waals surface area contributed by atoms with Crippen LogP contribution in [0, 0.1) is 5.92 Å². The summed E-state index contributed by atoms with van der Waals surface area (Å²) >= 11 is 0. The second kappa shape index (κ2) is 9.22. The van der Waals surface area contributed by atoms with Crippen LogP contribution < -0.4 is 5.32 Å². The van der Waals surface area contributed by atoms with Crippen LogP contribution >= 0.6 is 0 Å². The molecule has 3 aliphatic rings. The van der Waals surface area contributed by atoms with Gasteiger partial charge in [-0.1, -0.05) is 26.2 Å². The second-order valence-electron chi connectivity index (χ2n) is 9.86. The Balaban J connectivity index is 1.25. The molecule has 1 saturated carbocycles. The van der Waals surface area contributed by atoms with Crippen molar-refractivity contribution in [3.8, 4) is 0 Å². The summed E-state index contributed by atoms with van der Waals surface area (Å²) in [7, 11) is 0. The Morgan fingerprint density at radius 3 is 2.62 bits per heavy atom. The highest BCUT2D eigenvalue weighted by atomic mass is 16.2. The van der Waals surface area contributed by atoms with Crippen LogP contribution in [-0.2, 0) is 6.54 Å². The van der Waals surface area contributed by atoms with E-state index < -0.39 is 0 Å². The van der Waals surface area contributed by atoms with Crippen LogP contribution in [0.2, 0.25) is 0 Å². The normalized spacial score (nSPS) is 21.2. The van der Waals surface area contributed by atoms with E-state index in [2.05, 4.69) is 22.1 Å². The standard InChI is InChI=1S/C25H35N5O2/c1-18-9-12-28(13-10-18)14-11-26-24(31)19-7-8-22-21(17-19)27-23-25(32)29(15-16-30(22)23)20-5-3-2-4-6-20/h7-8,17-18,20H,2-6,9-16H2,1H3,(H,26,31). The van der Waals surface area contributed by atoms with Gasteiger partial charge in [0.2, 0.25) is 0 Å². The molecule has 0 spiro atoms. The van der Waals surface area contributed by atoms with Gasteiger partial charge in [-0.3, -0.25) is 9.59 Å². The number of fused-ring (bicyclic) bond motifs is 3. The Hall–Kier alpha value is -2.41. The number of carbonyl (C=O) groups is 2. The topological polar surface area (TPSA) is 70.5 Å². The number of hydrogen-bond acceptors (Lipinski definition) is 4. The lowest BCUT2D eigenvalue weighted by molar-refractivity contribution is 0.0566. The third-order valence-electron chi connectivity index (χ3n) is 7.63. The molecule has 7 heteroatoms. The van der Waals surface area contributed by atoms with Crippen LogP contribution in [0.3, 0.4) is 0 Å². The van der Waals surface area contributed by atoms with Gasteiger partial charge >= 0.3 is 0 Å². The molecule has 2 aliphatic heterocycles. The minimum Gasteiger partial charge on any atom is -0.351 e. The van der Waals surface area contributed by atoms with E-state index in [9.17, 15) is 9.59 Å². The summed E-state index contributed by atoms with van der Waals surface area (Å²) in [6, 6.07) is 5.98. The summed E-state index contributed by atoms with van der Waals surface area (Å²) in [4.78, 5) is 35.0. The zero-order valence-electron chi connectivity index (χ0n) is 19.2. The molecule has 1 saturated heterocycles. The number of amides is 2. The number of benzene rings is 1. The van der Waals surface area contributed by atoms with Crippen molar-refractivity contribution < 1.29 is 9.59 Å². The Bertz CT molecular complexity index is 986. The monoisotopic (exact) mass is 437 g/mol. The molecular formula is C25H35N5O2. The van der Waals surface area contributed by atoms with Crippen molar-refractivity contribution in [1.29, 1.82) is 0 Å². The summed E-state index contributed by atoms with van der Waals surface area (Å²) < 4.78 is 2.02. The largest absolute Gasteiger partial charge is 0.351 e. The first-order valence-electron chi connectivity index (χ1n) is 12.4. The van der Waals surface area contributed by atoms with E-state index in [1.807, 2.05) is 27.7 Å². The smallest absolute Gasteiger partial charge is 0.290 e. The number of likely N-dealkylation sites (tertiary alicyclic amines) is 1. The van der Waals surface area contributed by atoms with Crippen molar-refractivity contribution in [3.63, 3.8) is 0 Å². The van der Waals surface area contributed by atoms with Crippen LogP contribution in [0.4, 0.5) is 0 Å². The molecule has 2 fully saturated rings. The van der Waals surface area contributed by atoms with Gasteiger partial charge in [-0.25, -0.2) is 4.98 Å². The van der Waals surface area contributed by atoms with E-state index in [1.54, 1.807) is 0 Å². The molecule has 3 heterocycles. The SMILES string of the molecule is CC1CCN(CCNC(=O)c2ccc3c(c2)nc2n3CCN(C3CCCCC3)C2=O)CC1. The first kappa shape index (κ1) is 21.4. The highest BCUT2D eigenvalue weighted by molar-refractivity contribution is 6.00. The predicted octanol–water partition coefficient (Wildman–Crippen LogP) is 3.29. The highest BCUT2D eigenvalue weighted by Crippen LogP contribution is 2.28. The van der Waals surface area contributed by atoms with Gasteiger partial charge in [0, 0.05) is 37.8 Å². The maximum atomic E-state index is 13.2. The fraction of sp³-hybridized carbons (Fsp3) is 0.640. The molecule has 1 aromatic heterocycles. The summed E-state index contributed by atoms with van der Waals surface area (Å²) in [5.41, 5.74) is 2.28. The van der Waals surface area contributed by atoms with Crippen molar-refractivity contribution in [3.05, 3.63) is 29.6 Å². The highest BCUT2D eigenvalue weighted by Gasteiger charge is 2.33. The van der Waals surface area contributed by atoms with Gasteiger partial charge in [-0.2, -0.15) is 0 Å². The van der Waals surface area contributed by atoms with Gasteiger partial charge in [-0.05, 0) is 62.9 Å². The lowest BCUT2D eigenvalue weighted by Crippen LogP contribution is -2.47. The fourth-order valence-corrected chi connectivity index (χ4v) is 5.55. The molecule has 1 aliphatic carbocycles. The molecule has 7 nitrogen and oxygen atoms in total. The maximum absolute atomic E-state index is 13.2. The van der Waals surface area contributed by atoms with Gasteiger partial charge < -0.3 is 19.7 Å². The number of nitrogens with one attached hydrogen (secondary N) is 1. The molecular weight excluding hydrogens is 402 g/mol. The number of hydrogen-bond donors (Lipinski definition) is 1. The molecule has 2 aromatic rings. The third kappa shape index (κ3) is 4.27. The van der Waals surface area contributed by atoms with Crippen LogP contribution in [0.15, 0.2) is 18.2 Å². The summed E-state index contributed by atoms with van der Waals surface area (Å²) in [6.45, 7) is 7.62. The molecule has 0 bridgehead atoms. The lowest BCUT2D eigenvalue weighted by Gasteiger charge is -2.36. The van der Waals surface area contributed by atoms with Crippen molar-refractivity contribution in [2.75, 3.05) is 32.7 Å². The van der Waals surface area contributed by atoms with Crippen molar-refractivity contribution in [2.24, 2.45) is 5.92 Å². The molecule has 172 valence electrons. The zero-order chi connectivity index (χ0) is 22.1. The Morgan fingerprint density at radius 1 is 1.06 bits per heavy atom. The van der Waals surface area contributed by atoms with E-state index in [0.29, 0.717) is 24.0 Å². The first-order chi connectivity index (χ1) is 15.6. The minimum absolute atomic E-state index is 0.0428.